The molecule has 0 saturated carbocycles. The molecule has 6 heterocycles. The van der Waals surface area contributed by atoms with E-state index in [1.165, 1.54) is 106 Å². The molecule has 0 radical (unpaired) electrons. The predicted octanol–water partition coefficient (Wildman–Crippen LogP) is 16.9. The number of fused-ring (bicyclic) bond motifs is 3. The maximum Gasteiger partial charge on any atom is 0.274 e. The molecule has 0 bridgehead atoms. The van der Waals surface area contributed by atoms with Gasteiger partial charge in [-0.05, 0) is 109 Å². The number of aldehydes is 1. The Balaban J connectivity index is 0.000000256. The summed E-state index contributed by atoms with van der Waals surface area (Å²) < 4.78 is 141. The lowest BCUT2D eigenvalue weighted by Gasteiger charge is -2.42. The summed E-state index contributed by atoms with van der Waals surface area (Å²) in [5, 5.41) is 22.9. The van der Waals surface area contributed by atoms with Gasteiger partial charge in [0.2, 0.25) is 0 Å². The van der Waals surface area contributed by atoms with Gasteiger partial charge in [-0.2, -0.15) is 0 Å². The van der Waals surface area contributed by atoms with Gasteiger partial charge < -0.3 is 34.4 Å². The highest BCUT2D eigenvalue weighted by Gasteiger charge is 2.52. The molecule has 9 rings (SSSR count). The van der Waals surface area contributed by atoms with Gasteiger partial charge in [0, 0.05) is 57.0 Å². The second kappa shape index (κ2) is 41.5. The average molecular weight is 1820 g/mol. The third-order valence-corrected chi connectivity index (χ3v) is 43.8. The maximum absolute atomic E-state index is 13.8. The number of amides is 3. The topological polar surface area (TPSA) is 393 Å². The average Bonchev–Trinajstić information content (AvgIpc) is 0.749. The first kappa shape index (κ1) is 99.8. The van der Waals surface area contributed by atoms with Crippen molar-refractivity contribution in [1.29, 1.82) is 0 Å². The van der Waals surface area contributed by atoms with Crippen LogP contribution < -0.4 is 42.1 Å². The van der Waals surface area contributed by atoms with Gasteiger partial charge in [0.25, 0.3) is 72.7 Å². The number of rotatable bonds is 36. The van der Waals surface area contributed by atoms with Gasteiger partial charge in [-0.25, -0.2) is 83.3 Å². The minimum absolute atomic E-state index is 0.0303. The number of sulfonamides is 3. The number of halogens is 3. The molecule has 6 aromatic heterocycles. The number of hydrogen-bond acceptors (Lipinski definition) is 24. The van der Waals surface area contributed by atoms with Gasteiger partial charge in [-0.1, -0.05) is 192 Å². The van der Waals surface area contributed by atoms with Crippen molar-refractivity contribution in [3.8, 4) is 17.2 Å². The van der Waals surface area contributed by atoms with Crippen LogP contribution in [0.5, 0.6) is 17.2 Å². The predicted molar refractivity (Wildman–Crippen MR) is 487 cm³/mol. The molecule has 3 aromatic carbocycles. The second-order valence-electron chi connectivity index (χ2n) is 32.1. The third-order valence-electron chi connectivity index (χ3n) is 21.8. The van der Waals surface area contributed by atoms with E-state index in [1.54, 1.807) is 12.1 Å². The fourth-order valence-electron chi connectivity index (χ4n) is 15.7. The van der Waals surface area contributed by atoms with E-state index >= 15 is 0 Å². The van der Waals surface area contributed by atoms with E-state index < -0.39 is 90.2 Å². The summed E-state index contributed by atoms with van der Waals surface area (Å²) in [6, 6.07) is 17.0. The lowest BCUT2D eigenvalue weighted by atomic mass is 10.2. The Hall–Kier alpha value is -11.3. The molecule has 9 aromatic rings. The Morgan fingerprint density at radius 3 is 0.863 bits per heavy atom. The van der Waals surface area contributed by atoms with Crippen LogP contribution in [0.3, 0.4) is 0 Å². The molecule has 39 heteroatoms. The van der Waals surface area contributed by atoms with Crippen molar-refractivity contribution in [1.82, 2.24) is 60.8 Å². The Labute approximate surface area is 727 Å². The molecule has 0 aliphatic carbocycles. The monoisotopic (exact) mass is 1820 g/mol. The Morgan fingerprint density at radius 1 is 0.403 bits per heavy atom. The van der Waals surface area contributed by atoms with E-state index in [9.17, 15) is 57.6 Å². The molecular weight excluding hydrogens is 1710 g/mol. The number of aromatic nitrogens is 9. The van der Waals surface area contributed by atoms with Crippen molar-refractivity contribution in [2.75, 3.05) is 34.1 Å². The molecule has 4 N–H and O–H groups in total. The fraction of sp³-hybridized carbons (Fsp3) is 0.388. The number of nitrogens with zero attached hydrogens (tertiary/aromatic N) is 13. The van der Waals surface area contributed by atoms with Crippen LogP contribution in [0, 0.1) is 17.5 Å². The standard InChI is InChI=1S/C29H38FN5O4SSi.C28H37FN6O5SSi.C28H36FN5O5SSi/c1-10-23-17-31-25-24(33-23)27(39-41(18(3)4,19(5)6)20(7)8)26(34-28(25)35(9)40(37,38)11-2)29(36)32-16-21-12-14-22(30)15-13-21;1-9-41(38,39)35(8)27-24-23(33-22(15-30-24)16-32-37)26(40-42(17(2)3,18(4)5)19(6)7)25(34-27)28(36)31-14-20-10-12-21(29)13-11-20;1-9-40(37,38)34(8)27-24-23(32-22(16-35)15-30-24)26(39-41(17(2)3,18(4)5)19(6)7)25(33-27)28(36)31-14-20-10-12-21(29)13-11-20/h10-15,17-20H,1-2,16H2,3-9H3,(H,32,36);9-13,15-19,37H,1,14H2,2-8H3,(H,31,36);9-13,15-19H,1,14H2,2-8H3,(H,31,36)/b;32-16+;. The van der Waals surface area contributed by atoms with E-state index in [2.05, 4.69) is 217 Å². The molecule has 0 aliphatic heterocycles. The SMILES string of the molecule is C=CS(=O)(=O)N(C)c1nc(C(=O)NCc2ccc(F)cc2)c(O[Si](C(C)C)(C(C)C)C(C)C)c2nc(/C=N/O)cnc12.C=CS(=O)(=O)N(C)c1nc(C(=O)NCc2ccc(F)cc2)c(O[Si](C(C)C)(C(C)C)C(C)C)c2nc(C=O)cnc12.C=Cc1cnc2c(N(C)S(=O)(=O)C=C)nc(C(=O)NCc3ccc(F)cc3)c(O[Si](C(C)C)(C(C)C)C(C)C)c2n1. The first-order valence-electron chi connectivity index (χ1n) is 39.9. The van der Waals surface area contributed by atoms with Crippen molar-refractivity contribution < 1.29 is 76.1 Å². The van der Waals surface area contributed by atoms with E-state index in [1.807, 2.05) is 0 Å². The van der Waals surface area contributed by atoms with Gasteiger partial charge in [0.1, 0.15) is 61.9 Å². The lowest BCUT2D eigenvalue weighted by molar-refractivity contribution is 0.0936. The van der Waals surface area contributed by atoms with Crippen molar-refractivity contribution in [3.63, 3.8) is 0 Å². The van der Waals surface area contributed by atoms with Crippen LogP contribution in [-0.4, -0.2) is 152 Å². The summed E-state index contributed by atoms with van der Waals surface area (Å²) >= 11 is 0. The number of carbonyl (C=O) groups is 4. The number of nitrogens with one attached hydrogen (secondary N) is 3. The van der Waals surface area contributed by atoms with Crippen LogP contribution in [-0.2, 0) is 49.7 Å². The zero-order valence-corrected chi connectivity index (χ0v) is 79.1. The number of oxime groups is 1. The lowest BCUT2D eigenvalue weighted by Crippen LogP contribution is -2.51. The highest BCUT2D eigenvalue weighted by Crippen LogP contribution is 2.50. The van der Waals surface area contributed by atoms with Gasteiger partial charge in [-0.15, -0.1) is 0 Å². The summed E-state index contributed by atoms with van der Waals surface area (Å²) in [5.41, 5.74) is 3.49. The summed E-state index contributed by atoms with van der Waals surface area (Å²) in [6.45, 7) is 51.6. The number of benzene rings is 3. The summed E-state index contributed by atoms with van der Waals surface area (Å²) in [7, 11) is -16.4. The van der Waals surface area contributed by atoms with Crippen LogP contribution in [0.25, 0.3) is 39.2 Å². The molecule has 0 fully saturated rings. The van der Waals surface area contributed by atoms with Gasteiger partial charge >= 0.3 is 0 Å². The molecule has 0 atom stereocenters. The van der Waals surface area contributed by atoms with E-state index in [0.717, 1.165) is 35.4 Å². The van der Waals surface area contributed by atoms with E-state index in [-0.39, 0.29) is 166 Å². The molecular formula is C85H111F3N16O14S3Si3. The minimum Gasteiger partial charge on any atom is -0.540 e. The smallest absolute Gasteiger partial charge is 0.274 e. The zero-order valence-electron chi connectivity index (χ0n) is 73.7. The summed E-state index contributed by atoms with van der Waals surface area (Å²) in [4.78, 5) is 93.6. The number of anilines is 3. The summed E-state index contributed by atoms with van der Waals surface area (Å²) in [6.07, 6.45) is 7.01. The number of pyridine rings is 3. The highest BCUT2D eigenvalue weighted by atomic mass is 32.2. The van der Waals surface area contributed by atoms with Crippen LogP contribution in [0.1, 0.15) is 195 Å². The third kappa shape index (κ3) is 21.7. The largest absolute Gasteiger partial charge is 0.540 e. The fourth-order valence-corrected chi connectivity index (χ4v) is 33.3. The van der Waals surface area contributed by atoms with Gasteiger partial charge in [0.05, 0.1) is 30.5 Å². The molecule has 0 saturated heterocycles. The Morgan fingerprint density at radius 2 is 0.637 bits per heavy atom. The maximum atomic E-state index is 13.8. The quantitative estimate of drug-likeness (QED) is 0.00931. The summed E-state index contributed by atoms with van der Waals surface area (Å²) in [5.74, 6) is -3.39. The first-order chi connectivity index (χ1) is 58.1. The van der Waals surface area contributed by atoms with E-state index in [0.29, 0.717) is 28.7 Å². The van der Waals surface area contributed by atoms with Crippen molar-refractivity contribution in [2.24, 2.45) is 5.16 Å². The van der Waals surface area contributed by atoms with E-state index in [4.69, 9.17) is 18.5 Å². The molecule has 0 unspecified atom stereocenters. The van der Waals surface area contributed by atoms with Crippen LogP contribution >= 0.6 is 0 Å². The zero-order chi connectivity index (χ0) is 92.8. The normalized spacial score (nSPS) is 12.3. The first-order valence-corrected chi connectivity index (χ1v) is 50.9. The molecule has 3 amide bonds. The highest BCUT2D eigenvalue weighted by molar-refractivity contribution is 7.96. The van der Waals surface area contributed by atoms with Gasteiger partial charge in [-0.3, -0.25) is 32.1 Å². The molecule has 0 spiro atoms. The number of hydrogen-bond donors (Lipinski definition) is 4. The Kier molecular flexibility index (Phi) is 33.4. The molecule has 124 heavy (non-hydrogen) atoms. The van der Waals surface area contributed by atoms with Crippen LogP contribution in [0.15, 0.2) is 139 Å². The van der Waals surface area contributed by atoms with Crippen molar-refractivity contribution in [3.05, 3.63) is 202 Å². The van der Waals surface area contributed by atoms with Crippen LogP contribution in [0.2, 0.25) is 49.9 Å². The second-order valence-corrected chi connectivity index (χ2v) is 54.0. The van der Waals surface area contributed by atoms with Gasteiger partial charge in [0.15, 0.2) is 58.1 Å². The van der Waals surface area contributed by atoms with Crippen molar-refractivity contribution >= 4 is 142 Å². The molecule has 0 aliphatic rings. The van der Waals surface area contributed by atoms with Crippen molar-refractivity contribution in [2.45, 2.75) is 194 Å². The van der Waals surface area contributed by atoms with Crippen LogP contribution in [0.4, 0.5) is 30.6 Å². The molecule has 30 nitrogen and oxygen atoms in total. The Bertz CT molecular complexity index is 5540. The minimum atomic E-state index is -4.05. The molecule has 666 valence electrons. The number of carbonyl (C=O) groups excluding carboxylic acids is 4.